The van der Waals surface area contributed by atoms with Gasteiger partial charge in [-0.1, -0.05) is 63.6 Å². The van der Waals surface area contributed by atoms with E-state index < -0.39 is 36.1 Å². The number of likely N-dealkylation sites (tertiary alicyclic amines) is 2. The molecule has 4 aliphatic rings. The maximum Gasteiger partial charge on any atom is 0.407 e. The lowest BCUT2D eigenvalue weighted by molar-refractivity contribution is -0.137. The van der Waals surface area contributed by atoms with E-state index in [0.29, 0.717) is 41.2 Å². The molecule has 2 saturated carbocycles. The monoisotopic (exact) mass is 838 g/mol. The third-order valence-corrected chi connectivity index (χ3v) is 13.1. The van der Waals surface area contributed by atoms with E-state index in [2.05, 4.69) is 25.6 Å². The minimum Gasteiger partial charge on any atom is -0.453 e. The molecule has 4 N–H and O–H groups in total. The van der Waals surface area contributed by atoms with E-state index >= 15 is 4.39 Å². The highest BCUT2D eigenvalue weighted by molar-refractivity contribution is 6.32. The van der Waals surface area contributed by atoms with Crippen molar-refractivity contribution in [3.05, 3.63) is 71.2 Å². The largest absolute Gasteiger partial charge is 0.453 e. The van der Waals surface area contributed by atoms with Crippen LogP contribution < -0.4 is 10.6 Å². The first-order valence-electron chi connectivity index (χ1n) is 20.6. The molecule has 2 aliphatic carbocycles. The topological polar surface area (TPSA) is 175 Å². The number of amides is 4. The van der Waals surface area contributed by atoms with E-state index in [1.54, 1.807) is 11.0 Å². The second-order valence-corrected chi connectivity index (χ2v) is 17.7. The van der Waals surface area contributed by atoms with Gasteiger partial charge in [0, 0.05) is 23.0 Å². The molecule has 14 nitrogen and oxygen atoms in total. The zero-order valence-corrected chi connectivity index (χ0v) is 35.0. The molecular formula is C44H48ClFN8O6. The van der Waals surface area contributed by atoms with Crippen molar-refractivity contribution in [3.63, 3.8) is 0 Å². The first kappa shape index (κ1) is 39.7. The van der Waals surface area contributed by atoms with E-state index in [0.717, 1.165) is 46.6 Å². The number of nitrogens with zero attached hydrogens (tertiary/aromatic N) is 4. The number of alkyl carbamates (subject to hydrolysis) is 2. The van der Waals surface area contributed by atoms with Gasteiger partial charge < -0.3 is 39.9 Å². The highest BCUT2D eigenvalue weighted by Crippen LogP contribution is 2.55. The molecule has 314 valence electrons. The van der Waals surface area contributed by atoms with E-state index in [9.17, 15) is 19.2 Å². The summed E-state index contributed by atoms with van der Waals surface area (Å²) < 4.78 is 25.7. The summed E-state index contributed by atoms with van der Waals surface area (Å²) in [6.45, 7) is 7.53. The fourth-order valence-corrected chi connectivity index (χ4v) is 9.76. The van der Waals surface area contributed by atoms with Gasteiger partial charge in [0.2, 0.25) is 11.8 Å². The lowest BCUT2D eigenvalue weighted by Crippen LogP contribution is -2.52. The number of hydrogen-bond donors (Lipinski definition) is 4. The van der Waals surface area contributed by atoms with Gasteiger partial charge in [-0.15, -0.1) is 0 Å². The highest BCUT2D eigenvalue weighted by atomic mass is 35.5. The molecule has 0 unspecified atom stereocenters. The summed E-state index contributed by atoms with van der Waals surface area (Å²) in [5.74, 6) is 0.749. The molecule has 9 rings (SSSR count). The van der Waals surface area contributed by atoms with Crippen LogP contribution in [0.5, 0.6) is 0 Å². The number of H-pyrrole nitrogens is 2. The Bertz CT molecular complexity index is 2560. The lowest BCUT2D eigenvalue weighted by atomic mass is 9.99. The number of hydrogen-bond acceptors (Lipinski definition) is 8. The van der Waals surface area contributed by atoms with Gasteiger partial charge in [0.15, 0.2) is 5.15 Å². The molecule has 4 fully saturated rings. The van der Waals surface area contributed by atoms with Crippen LogP contribution in [-0.2, 0) is 19.1 Å². The van der Waals surface area contributed by atoms with Crippen molar-refractivity contribution < 1.29 is 33.0 Å². The fourth-order valence-electron chi connectivity index (χ4n) is 9.52. The first-order chi connectivity index (χ1) is 28.8. The van der Waals surface area contributed by atoms with Crippen LogP contribution in [-0.4, -0.2) is 92.1 Å². The number of aromatic amines is 2. The van der Waals surface area contributed by atoms with Crippen LogP contribution in [0.1, 0.15) is 77.1 Å². The smallest absolute Gasteiger partial charge is 0.407 e. The molecule has 2 saturated heterocycles. The molecular weight excluding hydrogens is 791 g/mol. The SMILES string of the molecule is COC(=O)N[C@H](C(=O)N1[C@@H]2C[C@@H]2C[C@H]1c1nc(Cl)c(-c2ccc(-c3ccc4c(ccc5nc([C@@H]6C[C@H]7C[C@H]7N6C(=O)[C@@H](NC(=O)OC)C(C)C)[nH]c54)c3)cc2F)[nH]1)C(C)C. The molecule has 60 heavy (non-hydrogen) atoms. The summed E-state index contributed by atoms with van der Waals surface area (Å²) in [5, 5.41) is 7.39. The number of benzene rings is 3. The number of carbonyl (C=O) groups excluding carboxylic acids is 4. The quantitative estimate of drug-likeness (QED) is 0.111. The Morgan fingerprint density at radius 3 is 1.85 bits per heavy atom. The molecule has 2 aliphatic heterocycles. The Morgan fingerprint density at radius 2 is 1.30 bits per heavy atom. The number of nitrogens with one attached hydrogen (secondary N) is 4. The van der Waals surface area contributed by atoms with Crippen LogP contribution >= 0.6 is 11.6 Å². The molecule has 8 atom stereocenters. The zero-order valence-electron chi connectivity index (χ0n) is 34.2. The number of fused-ring (bicyclic) bond motifs is 5. The first-order valence-corrected chi connectivity index (χ1v) is 20.9. The number of piperidine rings is 2. The Hall–Kier alpha value is -5.70. The van der Waals surface area contributed by atoms with E-state index in [1.807, 2.05) is 69.0 Å². The van der Waals surface area contributed by atoms with E-state index in [4.69, 9.17) is 26.1 Å². The third kappa shape index (κ3) is 6.89. The summed E-state index contributed by atoms with van der Waals surface area (Å²) in [7, 11) is 2.55. The number of carbonyl (C=O) groups is 4. The standard InChI is InChI=1S/C44H48ClFN8O6/c1-19(2)34(50-43(57)59-5)41(55)53-30-15-24(30)17-32(53)39-47-29-12-9-23-13-21(7-10-26(23)36(29)48-39)22-8-11-27(28(46)14-22)37-38(45)52-40(49-37)33-18-25-16-31(25)54(33)42(56)35(20(3)4)51-44(58)60-6/h7-14,19-20,24-25,30-35H,15-18H2,1-6H3,(H,47,48)(H,49,52)(H,50,57)(H,51,58)/t24-,25-,30-,31-,32+,33+,34+,35+/m1/s1. The molecule has 0 radical (unpaired) electrons. The summed E-state index contributed by atoms with van der Waals surface area (Å²) in [6, 6.07) is 12.9. The Labute approximate surface area is 350 Å². The molecule has 16 heteroatoms. The molecule has 2 aromatic heterocycles. The van der Waals surface area contributed by atoms with Gasteiger partial charge >= 0.3 is 12.2 Å². The molecule has 4 amide bonds. The number of aromatic nitrogens is 4. The van der Waals surface area contributed by atoms with Gasteiger partial charge in [-0.05, 0) is 90.1 Å². The molecule has 0 spiro atoms. The van der Waals surface area contributed by atoms with Crippen LogP contribution in [0.25, 0.3) is 44.2 Å². The predicted molar refractivity (Wildman–Crippen MR) is 222 cm³/mol. The van der Waals surface area contributed by atoms with E-state index in [-0.39, 0.29) is 52.5 Å². The number of imidazole rings is 2. The van der Waals surface area contributed by atoms with Crippen molar-refractivity contribution in [2.45, 2.75) is 89.6 Å². The highest BCUT2D eigenvalue weighted by Gasteiger charge is 2.57. The number of rotatable bonds is 10. The number of ether oxygens (including phenoxy) is 2. The van der Waals surface area contributed by atoms with Gasteiger partial charge in [-0.2, -0.15) is 0 Å². The second kappa shape index (κ2) is 15.1. The summed E-state index contributed by atoms with van der Waals surface area (Å²) in [5.41, 5.74) is 3.68. The Balaban J connectivity index is 0.954. The molecule has 3 aromatic carbocycles. The van der Waals surface area contributed by atoms with Crippen molar-refractivity contribution in [1.82, 2.24) is 40.4 Å². The van der Waals surface area contributed by atoms with Crippen LogP contribution in [0.3, 0.4) is 0 Å². The summed E-state index contributed by atoms with van der Waals surface area (Å²) >= 11 is 6.67. The van der Waals surface area contributed by atoms with Crippen molar-refractivity contribution >= 4 is 57.4 Å². The van der Waals surface area contributed by atoms with Crippen LogP contribution in [0.15, 0.2) is 48.5 Å². The maximum atomic E-state index is 16.1. The predicted octanol–water partition coefficient (Wildman–Crippen LogP) is 7.65. The van der Waals surface area contributed by atoms with Crippen LogP contribution in [0, 0.1) is 29.5 Å². The van der Waals surface area contributed by atoms with Gasteiger partial charge in [0.1, 0.15) is 29.5 Å². The normalized spacial score (nSPS) is 23.8. The summed E-state index contributed by atoms with van der Waals surface area (Å²) in [6.07, 6.45) is 1.99. The molecule has 4 heterocycles. The van der Waals surface area contributed by atoms with Crippen molar-refractivity contribution in [1.29, 1.82) is 0 Å². The number of methoxy groups -OCH3 is 2. The van der Waals surface area contributed by atoms with Gasteiger partial charge in [-0.25, -0.2) is 23.9 Å². The van der Waals surface area contributed by atoms with Crippen molar-refractivity contribution in [2.75, 3.05) is 14.2 Å². The molecule has 5 aromatic rings. The molecule has 0 bridgehead atoms. The fraction of sp³-hybridized carbons (Fsp3) is 0.455. The second-order valence-electron chi connectivity index (χ2n) is 17.3. The maximum absolute atomic E-state index is 16.1. The van der Waals surface area contributed by atoms with Gasteiger partial charge in [-0.3, -0.25) is 9.59 Å². The average Bonchev–Trinajstić information content (AvgIpc) is 3.91. The minimum absolute atomic E-state index is 0.0413. The lowest BCUT2D eigenvalue weighted by Gasteiger charge is -2.31. The van der Waals surface area contributed by atoms with Crippen molar-refractivity contribution in [3.8, 4) is 22.4 Å². The minimum atomic E-state index is -0.778. The number of halogens is 2. The zero-order chi connectivity index (χ0) is 42.3. The Kier molecular flexibility index (Phi) is 9.99. The summed E-state index contributed by atoms with van der Waals surface area (Å²) in [4.78, 5) is 72.0. The average molecular weight is 839 g/mol. The van der Waals surface area contributed by atoms with Gasteiger partial charge in [0.25, 0.3) is 0 Å². The van der Waals surface area contributed by atoms with E-state index in [1.165, 1.54) is 20.3 Å². The third-order valence-electron chi connectivity index (χ3n) is 12.9. The Morgan fingerprint density at radius 1 is 0.750 bits per heavy atom. The van der Waals surface area contributed by atoms with Crippen LogP contribution in [0.2, 0.25) is 5.15 Å². The van der Waals surface area contributed by atoms with Crippen LogP contribution in [0.4, 0.5) is 14.0 Å². The van der Waals surface area contributed by atoms with Gasteiger partial charge in [0.05, 0.1) is 43.0 Å². The van der Waals surface area contributed by atoms with Crippen molar-refractivity contribution in [2.24, 2.45) is 23.7 Å².